The van der Waals surface area contributed by atoms with Gasteiger partial charge in [-0.1, -0.05) is 18.2 Å². The van der Waals surface area contributed by atoms with Crippen LogP contribution in [-0.2, 0) is 0 Å². The molecule has 0 saturated heterocycles. The predicted molar refractivity (Wildman–Crippen MR) is 102 cm³/mol. The molecule has 0 radical (unpaired) electrons. The van der Waals surface area contributed by atoms with Crippen LogP contribution >= 0.6 is 0 Å². The molecule has 4 aromatic rings. The largest absolute Gasteiger partial charge is 0.457 e. The van der Waals surface area contributed by atoms with E-state index in [9.17, 15) is 0 Å². The molecule has 0 amide bonds. The van der Waals surface area contributed by atoms with Gasteiger partial charge >= 0.3 is 0 Å². The van der Waals surface area contributed by atoms with Crippen LogP contribution in [0.5, 0.6) is 23.1 Å². The third kappa shape index (κ3) is 3.35. The molecule has 0 unspecified atom stereocenters. The van der Waals surface area contributed by atoms with Gasteiger partial charge in [-0.3, -0.25) is 0 Å². The quantitative estimate of drug-likeness (QED) is 0.468. The van der Waals surface area contributed by atoms with Gasteiger partial charge in [0.15, 0.2) is 0 Å². The molecular weight excluding hydrogens is 324 g/mol. The normalized spacial score (nSPS) is 10.7. The van der Waals surface area contributed by atoms with Crippen LogP contribution in [0.15, 0.2) is 73.1 Å². The molecule has 26 heavy (non-hydrogen) atoms. The first-order chi connectivity index (χ1) is 12.7. The fourth-order valence-corrected chi connectivity index (χ4v) is 2.69. The smallest absolute Gasteiger partial charge is 0.230 e. The summed E-state index contributed by atoms with van der Waals surface area (Å²) in [7, 11) is 0. The van der Waals surface area contributed by atoms with Crippen molar-refractivity contribution in [1.82, 2.24) is 9.97 Å². The molecule has 128 valence electrons. The van der Waals surface area contributed by atoms with Gasteiger partial charge in [-0.15, -0.1) is 0 Å². The molecule has 0 bridgehead atoms. The van der Waals surface area contributed by atoms with Gasteiger partial charge in [0, 0.05) is 0 Å². The SMILES string of the molecule is Cc1cc2ncnc(Oc3ccc(Oc4ccccc4)cc3)c2cc1C. The van der Waals surface area contributed by atoms with E-state index in [1.807, 2.05) is 54.6 Å². The number of aryl methyl sites for hydroxylation is 2. The number of para-hydroxylation sites is 1. The van der Waals surface area contributed by atoms with Gasteiger partial charge in [0.2, 0.25) is 5.88 Å². The highest BCUT2D eigenvalue weighted by Crippen LogP contribution is 2.30. The molecule has 3 aromatic carbocycles. The van der Waals surface area contributed by atoms with Crippen molar-refractivity contribution in [1.29, 1.82) is 0 Å². The lowest BCUT2D eigenvalue weighted by Gasteiger charge is -2.10. The summed E-state index contributed by atoms with van der Waals surface area (Å²) in [6.07, 6.45) is 1.53. The summed E-state index contributed by atoms with van der Waals surface area (Å²) >= 11 is 0. The maximum absolute atomic E-state index is 5.99. The van der Waals surface area contributed by atoms with E-state index in [2.05, 4.69) is 35.9 Å². The molecule has 4 heteroatoms. The highest BCUT2D eigenvalue weighted by molar-refractivity contribution is 5.85. The molecule has 0 aliphatic carbocycles. The molecule has 0 atom stereocenters. The maximum Gasteiger partial charge on any atom is 0.230 e. The fourth-order valence-electron chi connectivity index (χ4n) is 2.69. The summed E-state index contributed by atoms with van der Waals surface area (Å²) in [5.41, 5.74) is 3.26. The van der Waals surface area contributed by atoms with Gasteiger partial charge in [-0.05, 0) is 73.5 Å². The maximum atomic E-state index is 5.99. The standard InChI is InChI=1S/C22H18N2O2/c1-15-12-20-21(13-16(15)2)23-14-24-22(20)26-19-10-8-18(9-11-19)25-17-6-4-3-5-7-17/h3-14H,1-2H3. The topological polar surface area (TPSA) is 44.2 Å². The number of fused-ring (bicyclic) bond motifs is 1. The Morgan fingerprint density at radius 1 is 0.654 bits per heavy atom. The molecule has 0 aliphatic heterocycles. The number of rotatable bonds is 4. The van der Waals surface area contributed by atoms with Crippen molar-refractivity contribution < 1.29 is 9.47 Å². The molecule has 0 aliphatic rings. The summed E-state index contributed by atoms with van der Waals surface area (Å²) < 4.78 is 11.8. The Morgan fingerprint density at radius 3 is 2.00 bits per heavy atom. The molecule has 0 saturated carbocycles. The minimum Gasteiger partial charge on any atom is -0.457 e. The monoisotopic (exact) mass is 342 g/mol. The zero-order chi connectivity index (χ0) is 17.9. The molecular formula is C22H18N2O2. The second kappa shape index (κ2) is 6.84. The molecule has 4 rings (SSSR count). The van der Waals surface area contributed by atoms with Gasteiger partial charge in [-0.25, -0.2) is 9.97 Å². The summed E-state index contributed by atoms with van der Waals surface area (Å²) in [5, 5.41) is 0.903. The number of ether oxygens (including phenoxy) is 2. The Balaban J connectivity index is 1.58. The van der Waals surface area contributed by atoms with E-state index in [0.717, 1.165) is 22.4 Å². The predicted octanol–water partition coefficient (Wildman–Crippen LogP) is 5.83. The van der Waals surface area contributed by atoms with Gasteiger partial charge in [0.1, 0.15) is 23.6 Å². The van der Waals surface area contributed by atoms with Crippen molar-refractivity contribution in [2.24, 2.45) is 0 Å². The minimum absolute atomic E-state index is 0.551. The van der Waals surface area contributed by atoms with E-state index in [0.29, 0.717) is 11.6 Å². The first-order valence-electron chi connectivity index (χ1n) is 8.42. The van der Waals surface area contributed by atoms with Crippen molar-refractivity contribution in [3.8, 4) is 23.1 Å². The molecule has 0 fully saturated rings. The average molecular weight is 342 g/mol. The number of nitrogens with zero attached hydrogens (tertiary/aromatic N) is 2. The number of aromatic nitrogens is 2. The van der Waals surface area contributed by atoms with Crippen LogP contribution in [0.4, 0.5) is 0 Å². The molecule has 0 N–H and O–H groups in total. The fraction of sp³-hybridized carbons (Fsp3) is 0.0909. The van der Waals surface area contributed by atoms with Crippen LogP contribution in [0.25, 0.3) is 10.9 Å². The van der Waals surface area contributed by atoms with E-state index in [-0.39, 0.29) is 0 Å². The number of hydrogen-bond donors (Lipinski definition) is 0. The van der Waals surface area contributed by atoms with Crippen LogP contribution < -0.4 is 9.47 Å². The number of hydrogen-bond acceptors (Lipinski definition) is 4. The van der Waals surface area contributed by atoms with Gasteiger partial charge in [0.05, 0.1) is 10.9 Å². The van der Waals surface area contributed by atoms with Gasteiger partial charge in [0.25, 0.3) is 0 Å². The van der Waals surface area contributed by atoms with Crippen LogP contribution in [0.3, 0.4) is 0 Å². The Kier molecular flexibility index (Phi) is 4.23. The Morgan fingerprint density at radius 2 is 1.27 bits per heavy atom. The lowest BCUT2D eigenvalue weighted by atomic mass is 10.1. The van der Waals surface area contributed by atoms with E-state index in [1.165, 1.54) is 17.5 Å². The number of benzene rings is 3. The van der Waals surface area contributed by atoms with E-state index in [4.69, 9.17) is 9.47 Å². The van der Waals surface area contributed by atoms with Crippen molar-refractivity contribution >= 4 is 10.9 Å². The molecule has 1 heterocycles. The van der Waals surface area contributed by atoms with Crippen molar-refractivity contribution in [3.63, 3.8) is 0 Å². The Labute approximate surface area is 152 Å². The van der Waals surface area contributed by atoms with Crippen LogP contribution in [0, 0.1) is 13.8 Å². The first kappa shape index (κ1) is 16.1. The zero-order valence-electron chi connectivity index (χ0n) is 14.6. The second-order valence-corrected chi connectivity index (χ2v) is 6.12. The van der Waals surface area contributed by atoms with E-state index >= 15 is 0 Å². The summed E-state index contributed by atoms with van der Waals surface area (Å²) in [6, 6.07) is 21.3. The zero-order valence-corrected chi connectivity index (χ0v) is 14.6. The highest BCUT2D eigenvalue weighted by Gasteiger charge is 2.08. The van der Waals surface area contributed by atoms with Gasteiger partial charge < -0.3 is 9.47 Å². The lowest BCUT2D eigenvalue weighted by molar-refractivity contribution is 0.460. The van der Waals surface area contributed by atoms with Crippen molar-refractivity contribution in [3.05, 3.63) is 84.2 Å². The van der Waals surface area contributed by atoms with E-state index < -0.39 is 0 Å². The third-order valence-corrected chi connectivity index (χ3v) is 4.23. The molecule has 0 spiro atoms. The minimum atomic E-state index is 0.551. The third-order valence-electron chi connectivity index (χ3n) is 4.23. The van der Waals surface area contributed by atoms with Gasteiger partial charge in [-0.2, -0.15) is 0 Å². The Bertz CT molecular complexity index is 1040. The molecule has 4 nitrogen and oxygen atoms in total. The van der Waals surface area contributed by atoms with Crippen LogP contribution in [0.2, 0.25) is 0 Å². The summed E-state index contributed by atoms with van der Waals surface area (Å²) in [5.74, 6) is 2.80. The molecule has 1 aromatic heterocycles. The summed E-state index contributed by atoms with van der Waals surface area (Å²) in [4.78, 5) is 8.63. The van der Waals surface area contributed by atoms with Crippen LogP contribution in [-0.4, -0.2) is 9.97 Å². The highest BCUT2D eigenvalue weighted by atomic mass is 16.5. The van der Waals surface area contributed by atoms with Crippen molar-refractivity contribution in [2.75, 3.05) is 0 Å². The summed E-state index contributed by atoms with van der Waals surface area (Å²) in [6.45, 7) is 4.14. The second-order valence-electron chi connectivity index (χ2n) is 6.12. The Hall–Kier alpha value is -3.40. The van der Waals surface area contributed by atoms with E-state index in [1.54, 1.807) is 0 Å². The van der Waals surface area contributed by atoms with Crippen molar-refractivity contribution in [2.45, 2.75) is 13.8 Å². The van der Waals surface area contributed by atoms with Crippen LogP contribution in [0.1, 0.15) is 11.1 Å². The first-order valence-corrected chi connectivity index (χ1v) is 8.42. The lowest BCUT2D eigenvalue weighted by Crippen LogP contribution is -1.93. The average Bonchev–Trinajstić information content (AvgIpc) is 2.66.